The van der Waals surface area contributed by atoms with Crippen LogP contribution >= 0.6 is 15.9 Å². The largest absolute Gasteiger partial charge is 0.357 e. The van der Waals surface area contributed by atoms with Crippen molar-refractivity contribution >= 4 is 38.7 Å². The molecule has 6 heteroatoms. The van der Waals surface area contributed by atoms with Crippen molar-refractivity contribution in [2.75, 3.05) is 18.5 Å². The summed E-state index contributed by atoms with van der Waals surface area (Å²) in [5.74, 6) is 3.13. The average molecular weight is 570 g/mol. The number of rotatable bonds is 4. The minimum Gasteiger partial charge on any atom is -0.357 e. The topological polar surface area (TPSA) is 46.8 Å². The Bertz CT molecular complexity index is 1800. The summed E-state index contributed by atoms with van der Waals surface area (Å²) in [4.78, 5) is 17.0. The van der Waals surface area contributed by atoms with Crippen molar-refractivity contribution in [3.8, 4) is 39.9 Å². The smallest absolute Gasteiger partial charge is 0.164 e. The fourth-order valence-corrected chi connectivity index (χ4v) is 5.56. The highest BCUT2D eigenvalue weighted by Crippen LogP contribution is 2.39. The summed E-state index contributed by atoms with van der Waals surface area (Å²) in [7, 11) is 2.14. The molecule has 5 nitrogen and oxygen atoms in total. The molecule has 0 radical (unpaired) electrons. The van der Waals surface area contributed by atoms with Crippen LogP contribution in [0.25, 0.3) is 56.8 Å². The molecule has 188 valence electrons. The van der Waals surface area contributed by atoms with Crippen molar-refractivity contribution < 1.29 is 0 Å². The van der Waals surface area contributed by atoms with Gasteiger partial charge in [-0.15, -0.1) is 0 Å². The van der Waals surface area contributed by atoms with Gasteiger partial charge in [-0.3, -0.25) is 4.57 Å². The zero-order chi connectivity index (χ0) is 26.3. The van der Waals surface area contributed by atoms with Crippen LogP contribution in [-0.2, 0) is 0 Å². The highest BCUT2D eigenvalue weighted by atomic mass is 79.9. The first-order chi connectivity index (χ1) is 19.2. The second kappa shape index (κ2) is 9.64. The van der Waals surface area contributed by atoms with Gasteiger partial charge in [0.2, 0.25) is 0 Å². The summed E-state index contributed by atoms with van der Waals surface area (Å²) in [5.41, 5.74) is 6.28. The maximum absolute atomic E-state index is 4.94. The van der Waals surface area contributed by atoms with E-state index in [-0.39, 0.29) is 0 Å². The van der Waals surface area contributed by atoms with E-state index in [4.69, 9.17) is 15.0 Å². The van der Waals surface area contributed by atoms with Crippen LogP contribution in [0.15, 0.2) is 114 Å². The lowest BCUT2D eigenvalue weighted by Crippen LogP contribution is -2.22. The highest BCUT2D eigenvalue weighted by Gasteiger charge is 2.22. The number of hydrogen-bond donors (Lipinski definition) is 0. The summed E-state index contributed by atoms with van der Waals surface area (Å²) in [6, 6.07) is 35.1. The molecule has 6 aromatic rings. The molecule has 7 rings (SSSR count). The second-order valence-electron chi connectivity index (χ2n) is 9.61. The van der Waals surface area contributed by atoms with Crippen LogP contribution in [-0.4, -0.2) is 33.1 Å². The molecule has 4 aromatic carbocycles. The predicted molar refractivity (Wildman–Crippen MR) is 163 cm³/mol. The minimum atomic E-state index is 0.643. The molecule has 39 heavy (non-hydrogen) atoms. The number of fused-ring (bicyclic) bond motifs is 3. The Morgan fingerprint density at radius 1 is 0.667 bits per heavy atom. The Balaban J connectivity index is 1.43. The fraction of sp³-hybridized carbons (Fsp3) is 0.0606. The van der Waals surface area contributed by atoms with Gasteiger partial charge in [0.05, 0.1) is 5.52 Å². The van der Waals surface area contributed by atoms with Crippen molar-refractivity contribution in [1.29, 1.82) is 0 Å². The standard InChI is InChI=1S/C33H24BrN5/c1-38-19-9-16-28-27-18-17-25(34)21-29(27)39(33(28)38)26-15-8-14-24(20-26)32-36-30(22-10-4-2-5-11-22)35-31(37-32)23-12-6-3-7-13-23/h2-18,20-21H,19H2,1H3. The molecule has 3 heterocycles. The van der Waals surface area contributed by atoms with Crippen molar-refractivity contribution in [2.45, 2.75) is 0 Å². The first-order valence-electron chi connectivity index (χ1n) is 12.8. The number of anilines is 1. The summed E-state index contributed by atoms with van der Waals surface area (Å²) in [6.07, 6.45) is 4.45. The van der Waals surface area contributed by atoms with E-state index >= 15 is 0 Å². The van der Waals surface area contributed by atoms with Gasteiger partial charge in [-0.1, -0.05) is 107 Å². The number of halogens is 1. The van der Waals surface area contributed by atoms with E-state index in [1.54, 1.807) is 0 Å². The second-order valence-corrected chi connectivity index (χ2v) is 10.5. The third-order valence-electron chi connectivity index (χ3n) is 7.03. The molecule has 0 saturated heterocycles. The van der Waals surface area contributed by atoms with Gasteiger partial charge >= 0.3 is 0 Å². The molecule has 2 aromatic heterocycles. The lowest BCUT2D eigenvalue weighted by atomic mass is 10.1. The van der Waals surface area contributed by atoms with Crippen LogP contribution in [0.1, 0.15) is 5.56 Å². The third kappa shape index (κ3) is 4.23. The number of hydrogen-bond acceptors (Lipinski definition) is 4. The molecule has 0 N–H and O–H groups in total. The molecule has 0 aliphatic carbocycles. The van der Waals surface area contributed by atoms with Crippen molar-refractivity contribution in [2.24, 2.45) is 0 Å². The average Bonchev–Trinajstić information content (AvgIpc) is 3.32. The molecule has 0 fully saturated rings. The van der Waals surface area contributed by atoms with Crippen LogP contribution in [0.2, 0.25) is 0 Å². The first kappa shape index (κ1) is 23.6. The lowest BCUT2D eigenvalue weighted by molar-refractivity contribution is 0.945. The summed E-state index contributed by atoms with van der Waals surface area (Å²) >= 11 is 3.69. The van der Waals surface area contributed by atoms with Crippen molar-refractivity contribution in [1.82, 2.24) is 19.5 Å². The van der Waals surface area contributed by atoms with E-state index in [0.717, 1.165) is 38.9 Å². The predicted octanol–water partition coefficient (Wildman–Crippen LogP) is 8.04. The molecule has 0 bridgehead atoms. The Morgan fingerprint density at radius 2 is 1.28 bits per heavy atom. The SMILES string of the molecule is CN1CC=Cc2c1n(-c1cccc(-c3nc(-c4ccccc4)nc(-c4ccccc4)n3)c1)c1cc(Br)ccc21. The molecule has 0 atom stereocenters. The van der Waals surface area contributed by atoms with Gasteiger partial charge in [-0.25, -0.2) is 15.0 Å². The molecule has 0 spiro atoms. The molecular formula is C33H24BrN5. The number of aromatic nitrogens is 4. The van der Waals surface area contributed by atoms with Crippen molar-refractivity contribution in [3.05, 3.63) is 119 Å². The van der Waals surface area contributed by atoms with Gasteiger partial charge in [-0.05, 0) is 24.3 Å². The van der Waals surface area contributed by atoms with Crippen molar-refractivity contribution in [3.63, 3.8) is 0 Å². The minimum absolute atomic E-state index is 0.643. The van der Waals surface area contributed by atoms with E-state index in [0.29, 0.717) is 17.5 Å². The van der Waals surface area contributed by atoms with Gasteiger partial charge in [0, 0.05) is 51.4 Å². The third-order valence-corrected chi connectivity index (χ3v) is 7.52. The maximum Gasteiger partial charge on any atom is 0.164 e. The van der Waals surface area contributed by atoms with E-state index in [2.05, 4.69) is 87.1 Å². The normalized spacial score (nSPS) is 12.6. The fourth-order valence-electron chi connectivity index (χ4n) is 5.21. The van der Waals surface area contributed by atoms with Gasteiger partial charge in [-0.2, -0.15) is 0 Å². The molecule has 1 aliphatic rings. The summed E-state index contributed by atoms with van der Waals surface area (Å²) in [6.45, 7) is 0.860. The Labute approximate surface area is 235 Å². The van der Waals surface area contributed by atoms with Crippen LogP contribution in [0, 0.1) is 0 Å². The Morgan fingerprint density at radius 3 is 1.95 bits per heavy atom. The molecule has 0 saturated carbocycles. The molecule has 1 aliphatic heterocycles. The zero-order valence-corrected chi connectivity index (χ0v) is 22.9. The number of benzene rings is 4. The van der Waals surface area contributed by atoms with Gasteiger partial charge in [0.25, 0.3) is 0 Å². The van der Waals surface area contributed by atoms with Gasteiger partial charge < -0.3 is 4.90 Å². The van der Waals surface area contributed by atoms with Gasteiger partial charge in [0.15, 0.2) is 17.5 Å². The lowest BCUT2D eigenvalue weighted by Gasteiger charge is -2.24. The highest BCUT2D eigenvalue weighted by molar-refractivity contribution is 9.10. The zero-order valence-electron chi connectivity index (χ0n) is 21.3. The summed E-state index contributed by atoms with van der Waals surface area (Å²) < 4.78 is 3.38. The van der Waals surface area contributed by atoms with E-state index in [9.17, 15) is 0 Å². The molecular weight excluding hydrogens is 546 g/mol. The summed E-state index contributed by atoms with van der Waals surface area (Å²) in [5, 5.41) is 1.22. The first-order valence-corrected chi connectivity index (χ1v) is 13.6. The van der Waals surface area contributed by atoms with E-state index < -0.39 is 0 Å². The van der Waals surface area contributed by atoms with E-state index in [1.165, 1.54) is 16.8 Å². The Kier molecular flexibility index (Phi) is 5.82. The van der Waals surface area contributed by atoms with Gasteiger partial charge in [0.1, 0.15) is 5.82 Å². The molecule has 0 unspecified atom stereocenters. The number of likely N-dealkylation sites (N-methyl/N-ethyl adjacent to an activating group) is 1. The van der Waals surface area contributed by atoms with Crippen LogP contribution in [0.5, 0.6) is 0 Å². The van der Waals surface area contributed by atoms with Crippen LogP contribution < -0.4 is 4.90 Å². The van der Waals surface area contributed by atoms with E-state index in [1.807, 2.05) is 60.7 Å². The monoisotopic (exact) mass is 569 g/mol. The Hall–Kier alpha value is -4.55. The molecule has 0 amide bonds. The van der Waals surface area contributed by atoms with Crippen LogP contribution in [0.4, 0.5) is 5.82 Å². The number of nitrogens with zero attached hydrogens (tertiary/aromatic N) is 5. The van der Waals surface area contributed by atoms with Crippen LogP contribution in [0.3, 0.4) is 0 Å². The quantitative estimate of drug-likeness (QED) is 0.215. The maximum atomic E-state index is 4.94.